The van der Waals surface area contributed by atoms with Gasteiger partial charge in [0.15, 0.2) is 0 Å². The third-order valence-electron chi connectivity index (χ3n) is 5.72. The van der Waals surface area contributed by atoms with E-state index in [0.29, 0.717) is 11.8 Å². The molecule has 2 heteroatoms. The molecule has 0 unspecified atom stereocenters. The summed E-state index contributed by atoms with van der Waals surface area (Å²) in [6.45, 7) is 12.4. The van der Waals surface area contributed by atoms with E-state index in [-0.39, 0.29) is 0 Å². The van der Waals surface area contributed by atoms with Crippen LogP contribution in [-0.2, 0) is 0 Å². The molecule has 0 aromatic heterocycles. The molecular weight excluding hydrogens is 340 g/mol. The molecule has 0 fully saturated rings. The fourth-order valence-electron chi connectivity index (χ4n) is 3.99. The predicted molar refractivity (Wildman–Crippen MR) is 126 cm³/mol. The molecular formula is C26H42N2. The highest BCUT2D eigenvalue weighted by Crippen LogP contribution is 2.34. The van der Waals surface area contributed by atoms with Crippen molar-refractivity contribution in [3.63, 3.8) is 0 Å². The second-order valence-corrected chi connectivity index (χ2v) is 8.85. The van der Waals surface area contributed by atoms with Crippen molar-refractivity contribution in [1.82, 2.24) is 0 Å². The lowest BCUT2D eigenvalue weighted by molar-refractivity contribution is 0.612. The summed E-state index contributed by atoms with van der Waals surface area (Å²) in [5.74, 6) is 1.02. The first-order valence-corrected chi connectivity index (χ1v) is 11.7. The average molecular weight is 383 g/mol. The van der Waals surface area contributed by atoms with E-state index in [1.54, 1.807) is 0 Å². The van der Waals surface area contributed by atoms with E-state index in [4.69, 9.17) is 4.99 Å². The van der Waals surface area contributed by atoms with Crippen molar-refractivity contribution >= 4 is 11.4 Å². The van der Waals surface area contributed by atoms with Crippen LogP contribution in [0.2, 0.25) is 0 Å². The summed E-state index contributed by atoms with van der Waals surface area (Å²) < 4.78 is 0. The van der Waals surface area contributed by atoms with Gasteiger partial charge in [0.25, 0.3) is 0 Å². The normalized spacial score (nSPS) is 16.1. The van der Waals surface area contributed by atoms with Crippen LogP contribution in [0, 0.1) is 0 Å². The molecule has 0 saturated heterocycles. The number of hydrogen-bond acceptors (Lipinski definition) is 2. The van der Waals surface area contributed by atoms with Crippen LogP contribution < -0.4 is 5.32 Å². The molecule has 0 bridgehead atoms. The Bertz CT molecular complexity index is 626. The molecule has 2 nitrogen and oxygen atoms in total. The Balaban J connectivity index is 2.09. The van der Waals surface area contributed by atoms with Gasteiger partial charge in [-0.15, -0.1) is 0 Å². The Morgan fingerprint density at radius 3 is 2.21 bits per heavy atom. The summed E-state index contributed by atoms with van der Waals surface area (Å²) in [5.41, 5.74) is 6.68. The van der Waals surface area contributed by atoms with Gasteiger partial charge in [0, 0.05) is 12.2 Å². The largest absolute Gasteiger partial charge is 0.354 e. The SMILES string of the molecule is CCCCCCCCN=C1CCCC=C1Nc1c(C(C)C)cccc1C(C)C. The summed E-state index contributed by atoms with van der Waals surface area (Å²) >= 11 is 0. The van der Waals surface area contributed by atoms with Crippen LogP contribution >= 0.6 is 0 Å². The number of rotatable bonds is 11. The van der Waals surface area contributed by atoms with E-state index in [0.717, 1.165) is 19.4 Å². The fourth-order valence-corrected chi connectivity index (χ4v) is 3.99. The lowest BCUT2D eigenvalue weighted by atomic mass is 9.92. The lowest BCUT2D eigenvalue weighted by Gasteiger charge is -2.24. The first-order valence-electron chi connectivity index (χ1n) is 11.7. The molecule has 1 aliphatic carbocycles. The number of nitrogens with one attached hydrogen (secondary N) is 1. The zero-order valence-corrected chi connectivity index (χ0v) is 19.0. The number of nitrogens with zero attached hydrogens (tertiary/aromatic N) is 1. The molecule has 0 aliphatic heterocycles. The Morgan fingerprint density at radius 1 is 0.929 bits per heavy atom. The van der Waals surface area contributed by atoms with Crippen molar-refractivity contribution in [3.05, 3.63) is 41.1 Å². The molecule has 1 aromatic rings. The number of allylic oxidation sites excluding steroid dienone is 2. The van der Waals surface area contributed by atoms with Crippen molar-refractivity contribution in [2.45, 2.75) is 104 Å². The second-order valence-electron chi connectivity index (χ2n) is 8.85. The molecule has 0 atom stereocenters. The van der Waals surface area contributed by atoms with Crippen molar-refractivity contribution in [3.8, 4) is 0 Å². The van der Waals surface area contributed by atoms with Gasteiger partial charge in [-0.1, -0.05) is 91.0 Å². The molecule has 156 valence electrons. The Labute approximate surface area is 173 Å². The molecule has 0 radical (unpaired) electrons. The third kappa shape index (κ3) is 6.79. The summed E-state index contributed by atoms with van der Waals surface area (Å²) in [7, 11) is 0. The Morgan fingerprint density at radius 2 is 1.57 bits per heavy atom. The monoisotopic (exact) mass is 382 g/mol. The first-order chi connectivity index (χ1) is 13.5. The van der Waals surface area contributed by atoms with Crippen LogP contribution in [0.4, 0.5) is 5.69 Å². The van der Waals surface area contributed by atoms with E-state index >= 15 is 0 Å². The molecule has 0 spiro atoms. The van der Waals surface area contributed by atoms with Gasteiger partial charge in [0.1, 0.15) is 0 Å². The number of anilines is 1. The topological polar surface area (TPSA) is 24.4 Å². The average Bonchev–Trinajstić information content (AvgIpc) is 2.68. The van der Waals surface area contributed by atoms with E-state index in [1.165, 1.54) is 73.2 Å². The van der Waals surface area contributed by atoms with Crippen LogP contribution in [0.25, 0.3) is 0 Å². The van der Waals surface area contributed by atoms with E-state index in [2.05, 4.69) is 64.2 Å². The summed E-state index contributed by atoms with van der Waals surface area (Å²) in [6, 6.07) is 6.75. The first kappa shape index (κ1) is 22.7. The van der Waals surface area contributed by atoms with Crippen LogP contribution in [0.5, 0.6) is 0 Å². The number of para-hydroxylation sites is 1. The minimum Gasteiger partial charge on any atom is -0.354 e. The smallest absolute Gasteiger partial charge is 0.0579 e. The molecule has 2 rings (SSSR count). The van der Waals surface area contributed by atoms with Gasteiger partial charge in [-0.2, -0.15) is 0 Å². The van der Waals surface area contributed by atoms with Gasteiger partial charge in [-0.25, -0.2) is 0 Å². The predicted octanol–water partition coefficient (Wildman–Crippen LogP) is 8.21. The molecule has 0 saturated carbocycles. The van der Waals surface area contributed by atoms with Gasteiger partial charge >= 0.3 is 0 Å². The molecule has 1 aliphatic rings. The van der Waals surface area contributed by atoms with Gasteiger partial charge < -0.3 is 5.32 Å². The molecule has 1 N–H and O–H groups in total. The van der Waals surface area contributed by atoms with Crippen LogP contribution in [0.3, 0.4) is 0 Å². The maximum Gasteiger partial charge on any atom is 0.0579 e. The number of hydrogen-bond donors (Lipinski definition) is 1. The van der Waals surface area contributed by atoms with Gasteiger partial charge in [-0.3, -0.25) is 4.99 Å². The highest BCUT2D eigenvalue weighted by molar-refractivity contribution is 6.03. The highest BCUT2D eigenvalue weighted by Gasteiger charge is 2.18. The van der Waals surface area contributed by atoms with Gasteiger partial charge in [-0.05, 0) is 48.6 Å². The quantitative estimate of drug-likeness (QED) is 0.383. The Hall–Kier alpha value is -1.57. The Kier molecular flexibility index (Phi) is 9.81. The zero-order valence-electron chi connectivity index (χ0n) is 19.0. The third-order valence-corrected chi connectivity index (χ3v) is 5.72. The minimum absolute atomic E-state index is 0.508. The second kappa shape index (κ2) is 12.1. The van der Waals surface area contributed by atoms with E-state index < -0.39 is 0 Å². The molecule has 0 heterocycles. The minimum atomic E-state index is 0.508. The maximum atomic E-state index is 5.01. The molecule has 1 aromatic carbocycles. The van der Waals surface area contributed by atoms with Crippen molar-refractivity contribution < 1.29 is 0 Å². The van der Waals surface area contributed by atoms with Crippen molar-refractivity contribution in [2.75, 3.05) is 11.9 Å². The number of aliphatic imine (C=N–C) groups is 1. The lowest BCUT2D eigenvalue weighted by Crippen LogP contribution is -2.18. The molecule has 28 heavy (non-hydrogen) atoms. The zero-order chi connectivity index (χ0) is 20.4. The maximum absolute atomic E-state index is 5.01. The van der Waals surface area contributed by atoms with Gasteiger partial charge in [0.05, 0.1) is 11.4 Å². The fraction of sp³-hybridized carbons (Fsp3) is 0.654. The summed E-state index contributed by atoms with van der Waals surface area (Å²) in [4.78, 5) is 5.01. The van der Waals surface area contributed by atoms with E-state index in [9.17, 15) is 0 Å². The van der Waals surface area contributed by atoms with Crippen molar-refractivity contribution in [2.24, 2.45) is 4.99 Å². The van der Waals surface area contributed by atoms with Gasteiger partial charge in [0.2, 0.25) is 0 Å². The van der Waals surface area contributed by atoms with Crippen LogP contribution in [-0.4, -0.2) is 12.3 Å². The van der Waals surface area contributed by atoms with E-state index in [1.807, 2.05) is 0 Å². The van der Waals surface area contributed by atoms with Crippen LogP contribution in [0.15, 0.2) is 35.0 Å². The van der Waals surface area contributed by atoms with Crippen molar-refractivity contribution in [1.29, 1.82) is 0 Å². The number of benzene rings is 1. The number of unbranched alkanes of at least 4 members (excludes halogenated alkanes) is 5. The van der Waals surface area contributed by atoms with Crippen LogP contribution in [0.1, 0.15) is 115 Å². The molecule has 0 amide bonds. The summed E-state index contributed by atoms with van der Waals surface area (Å²) in [5, 5.41) is 3.83. The highest BCUT2D eigenvalue weighted by atomic mass is 14.9. The summed E-state index contributed by atoms with van der Waals surface area (Å²) in [6.07, 6.45) is 13.8. The standard InChI is InChI=1S/C26H42N2/c1-6-7-8-9-10-13-19-27-24-17-11-12-18-25(24)28-26-22(20(2)3)15-14-16-23(26)21(4)5/h14-16,18,20-21,28H,6-13,17,19H2,1-5H3.